The van der Waals surface area contributed by atoms with Crippen molar-refractivity contribution in [2.24, 2.45) is 0 Å². The van der Waals surface area contributed by atoms with Crippen LogP contribution in [0.4, 0.5) is 0 Å². The normalized spacial score (nSPS) is 24.2. The highest BCUT2D eigenvalue weighted by Gasteiger charge is 2.28. The van der Waals surface area contributed by atoms with Crippen molar-refractivity contribution in [1.82, 2.24) is 9.99 Å². The van der Waals surface area contributed by atoms with Crippen molar-refractivity contribution in [2.45, 2.75) is 0 Å². The van der Waals surface area contributed by atoms with E-state index in [1.807, 2.05) is 0 Å². The summed E-state index contributed by atoms with van der Waals surface area (Å²) in [5.41, 5.74) is 0. The second kappa shape index (κ2) is 2.25. The fourth-order valence-electron chi connectivity index (χ4n) is 0.854. The van der Waals surface area contributed by atoms with Crippen molar-refractivity contribution in [3.05, 3.63) is 0 Å². The lowest BCUT2D eigenvalue weighted by Crippen LogP contribution is -2.25. The molecule has 0 radical (unpaired) electrons. The van der Waals surface area contributed by atoms with Crippen LogP contribution < -0.4 is 5.32 Å². The van der Waals surface area contributed by atoms with Gasteiger partial charge in [0.15, 0.2) is 5.96 Å². The maximum atomic E-state index is 10.9. The Labute approximate surface area is 59.1 Å². The van der Waals surface area contributed by atoms with Gasteiger partial charge in [0.05, 0.1) is 0 Å². The molecule has 3 N–H and O–H groups in total. The molecule has 1 fully saturated rings. The third-order valence-corrected chi connectivity index (χ3v) is 2.62. The van der Waals surface area contributed by atoms with E-state index in [9.17, 15) is 4.57 Å². The number of nitrogens with one attached hydrogen (secondary N) is 2. The third-order valence-electron chi connectivity index (χ3n) is 1.32. The molecule has 6 heteroatoms. The Morgan fingerprint density at radius 3 is 2.70 bits per heavy atom. The topological polar surface area (TPSA) is 76.4 Å². The van der Waals surface area contributed by atoms with Gasteiger partial charge in [-0.2, -0.15) is 0 Å². The zero-order valence-corrected chi connectivity index (χ0v) is 6.56. The van der Waals surface area contributed by atoms with E-state index in [1.54, 1.807) is 0 Å². The van der Waals surface area contributed by atoms with E-state index in [2.05, 4.69) is 5.32 Å². The van der Waals surface area contributed by atoms with E-state index in [0.29, 0.717) is 13.1 Å². The van der Waals surface area contributed by atoms with Crippen molar-refractivity contribution >= 4 is 13.5 Å². The predicted octanol–water partition coefficient (Wildman–Crippen LogP) is -0.358. The van der Waals surface area contributed by atoms with Crippen LogP contribution in [-0.4, -0.2) is 35.3 Å². The minimum absolute atomic E-state index is 0.0494. The fourth-order valence-corrected chi connectivity index (χ4v) is 1.77. The minimum atomic E-state index is -3.22. The molecule has 1 aliphatic heterocycles. The molecule has 58 valence electrons. The summed E-state index contributed by atoms with van der Waals surface area (Å²) in [6, 6.07) is 0. The summed E-state index contributed by atoms with van der Waals surface area (Å²) in [5.74, 6) is 0.0494. The Kier molecular flexibility index (Phi) is 1.70. The van der Waals surface area contributed by atoms with Crippen molar-refractivity contribution < 1.29 is 9.46 Å². The third kappa shape index (κ3) is 1.30. The minimum Gasteiger partial charge on any atom is -0.354 e. The molecule has 0 amide bonds. The summed E-state index contributed by atoms with van der Waals surface area (Å²) in [4.78, 5) is 8.99. The summed E-state index contributed by atoms with van der Waals surface area (Å²) in [6.07, 6.45) is 0. The van der Waals surface area contributed by atoms with Gasteiger partial charge in [0.25, 0.3) is 7.52 Å². The SMILES string of the molecule is CP(=O)(O)N1CCNC1=N. The van der Waals surface area contributed by atoms with Gasteiger partial charge >= 0.3 is 0 Å². The molecule has 0 aromatic carbocycles. The molecule has 0 aromatic heterocycles. The van der Waals surface area contributed by atoms with E-state index < -0.39 is 7.52 Å². The molecular weight excluding hydrogens is 153 g/mol. The molecule has 1 rings (SSSR count). The largest absolute Gasteiger partial charge is 0.354 e. The van der Waals surface area contributed by atoms with Crippen molar-refractivity contribution in [2.75, 3.05) is 19.8 Å². The molecule has 1 heterocycles. The number of nitrogens with zero attached hydrogens (tertiary/aromatic N) is 1. The molecule has 1 unspecified atom stereocenters. The Bertz CT molecular complexity index is 199. The molecule has 0 saturated carbocycles. The van der Waals surface area contributed by atoms with Crippen LogP contribution in [0.3, 0.4) is 0 Å². The fraction of sp³-hybridized carbons (Fsp3) is 0.750. The van der Waals surface area contributed by atoms with E-state index in [1.165, 1.54) is 11.3 Å². The first-order chi connectivity index (χ1) is 4.52. The van der Waals surface area contributed by atoms with Gasteiger partial charge in [-0.15, -0.1) is 0 Å². The monoisotopic (exact) mass is 163 g/mol. The maximum absolute atomic E-state index is 10.9. The zero-order chi connectivity index (χ0) is 7.78. The first kappa shape index (κ1) is 7.57. The van der Waals surface area contributed by atoms with E-state index in [-0.39, 0.29) is 5.96 Å². The zero-order valence-electron chi connectivity index (χ0n) is 5.66. The highest BCUT2D eigenvalue weighted by Crippen LogP contribution is 2.40. The maximum Gasteiger partial charge on any atom is 0.293 e. The quantitative estimate of drug-likeness (QED) is 0.461. The van der Waals surface area contributed by atoms with Crippen molar-refractivity contribution in [3.63, 3.8) is 0 Å². The van der Waals surface area contributed by atoms with Crippen molar-refractivity contribution in [1.29, 1.82) is 5.41 Å². The van der Waals surface area contributed by atoms with Gasteiger partial charge in [-0.05, 0) is 0 Å². The second-order valence-corrected chi connectivity index (χ2v) is 4.39. The van der Waals surface area contributed by atoms with Gasteiger partial charge in [0.2, 0.25) is 0 Å². The summed E-state index contributed by atoms with van der Waals surface area (Å²) in [6.45, 7) is 2.26. The summed E-state index contributed by atoms with van der Waals surface area (Å²) >= 11 is 0. The van der Waals surface area contributed by atoms with Gasteiger partial charge in [0, 0.05) is 19.8 Å². The molecular formula is C4H10N3O2P. The van der Waals surface area contributed by atoms with Crippen LogP contribution in [0, 0.1) is 5.41 Å². The van der Waals surface area contributed by atoms with Crippen LogP contribution in [-0.2, 0) is 4.57 Å². The van der Waals surface area contributed by atoms with Gasteiger partial charge in [-0.25, -0.2) is 0 Å². The lowest BCUT2D eigenvalue weighted by Gasteiger charge is -2.18. The van der Waals surface area contributed by atoms with Gasteiger partial charge in [-0.1, -0.05) is 0 Å². The number of hydrogen-bond donors (Lipinski definition) is 3. The number of hydrogen-bond acceptors (Lipinski definition) is 2. The highest BCUT2D eigenvalue weighted by atomic mass is 31.2. The molecule has 0 aliphatic carbocycles. The van der Waals surface area contributed by atoms with Crippen LogP contribution >= 0.6 is 7.52 Å². The average Bonchev–Trinajstić information content (AvgIpc) is 2.11. The molecule has 0 spiro atoms. The van der Waals surface area contributed by atoms with Crippen LogP contribution in [0.15, 0.2) is 0 Å². The highest BCUT2D eigenvalue weighted by molar-refractivity contribution is 7.55. The molecule has 10 heavy (non-hydrogen) atoms. The molecule has 1 atom stereocenters. The summed E-state index contributed by atoms with van der Waals surface area (Å²) < 4.78 is 12.1. The second-order valence-electron chi connectivity index (χ2n) is 2.23. The standard InChI is InChI=1S/C4H10N3O2P/c1-10(8,9)7-3-2-6-4(7)5/h2-3H2,1H3,(H2,5,6)(H,8,9). The Morgan fingerprint density at radius 2 is 2.50 bits per heavy atom. The average molecular weight is 163 g/mol. The van der Waals surface area contributed by atoms with Crippen LogP contribution in [0.5, 0.6) is 0 Å². The van der Waals surface area contributed by atoms with Crippen molar-refractivity contribution in [3.8, 4) is 0 Å². The number of guanidine groups is 1. The molecule has 1 aliphatic rings. The Morgan fingerprint density at radius 1 is 1.90 bits per heavy atom. The summed E-state index contributed by atoms with van der Waals surface area (Å²) in [5, 5.41) is 9.80. The number of rotatable bonds is 1. The first-order valence-corrected chi connectivity index (χ1v) is 4.98. The Balaban J connectivity index is 2.74. The lowest BCUT2D eigenvalue weighted by molar-refractivity contribution is 0.432. The smallest absolute Gasteiger partial charge is 0.293 e. The van der Waals surface area contributed by atoms with Crippen LogP contribution in [0.25, 0.3) is 0 Å². The Hall–Kier alpha value is -0.540. The van der Waals surface area contributed by atoms with Gasteiger partial charge in [-0.3, -0.25) is 14.6 Å². The van der Waals surface area contributed by atoms with Crippen LogP contribution in [0.2, 0.25) is 0 Å². The predicted molar refractivity (Wildman–Crippen MR) is 38.2 cm³/mol. The summed E-state index contributed by atoms with van der Waals surface area (Å²) in [7, 11) is -3.22. The lowest BCUT2D eigenvalue weighted by atomic mass is 10.7. The van der Waals surface area contributed by atoms with E-state index >= 15 is 0 Å². The van der Waals surface area contributed by atoms with Gasteiger partial charge in [0.1, 0.15) is 0 Å². The van der Waals surface area contributed by atoms with E-state index in [4.69, 9.17) is 10.3 Å². The molecule has 1 saturated heterocycles. The molecule has 5 nitrogen and oxygen atoms in total. The molecule has 0 aromatic rings. The first-order valence-electron chi connectivity index (χ1n) is 2.92. The van der Waals surface area contributed by atoms with Gasteiger partial charge < -0.3 is 10.2 Å². The van der Waals surface area contributed by atoms with E-state index in [0.717, 1.165) is 0 Å². The van der Waals surface area contributed by atoms with Crippen LogP contribution in [0.1, 0.15) is 0 Å². The molecule has 0 bridgehead atoms.